The van der Waals surface area contributed by atoms with Gasteiger partial charge in [0.05, 0.1) is 5.52 Å². The lowest BCUT2D eigenvalue weighted by atomic mass is 10.1. The molecular formula is C17H25N3S. The summed E-state index contributed by atoms with van der Waals surface area (Å²) in [5, 5.41) is 6.32. The molecule has 0 saturated carbocycles. The molecule has 1 aromatic carbocycles. The quantitative estimate of drug-likeness (QED) is 0.665. The summed E-state index contributed by atoms with van der Waals surface area (Å²) in [5.41, 5.74) is 1.16. The Morgan fingerprint density at radius 1 is 1.14 bits per heavy atom. The molecule has 3 nitrogen and oxygen atoms in total. The number of aromatic nitrogens is 2. The van der Waals surface area contributed by atoms with Gasteiger partial charge in [-0.2, -0.15) is 0 Å². The van der Waals surface area contributed by atoms with Crippen LogP contribution in [-0.4, -0.2) is 27.3 Å². The van der Waals surface area contributed by atoms with Gasteiger partial charge in [-0.15, -0.1) is 11.8 Å². The summed E-state index contributed by atoms with van der Waals surface area (Å²) in [7, 11) is 0. The van der Waals surface area contributed by atoms with Crippen molar-refractivity contribution < 1.29 is 0 Å². The van der Waals surface area contributed by atoms with Crippen molar-refractivity contribution in [1.29, 1.82) is 0 Å². The maximum Gasteiger partial charge on any atom is 0.117 e. The third kappa shape index (κ3) is 4.68. The second kappa shape index (κ2) is 6.75. The zero-order valence-corrected chi connectivity index (χ0v) is 14.4. The zero-order chi connectivity index (χ0) is 15.5. The van der Waals surface area contributed by atoms with Crippen LogP contribution in [0.3, 0.4) is 0 Å². The lowest BCUT2D eigenvalue weighted by molar-refractivity contribution is 0.408. The summed E-state index contributed by atoms with van der Waals surface area (Å²) in [6.07, 6.45) is 1.67. The first-order chi connectivity index (χ1) is 9.87. The van der Waals surface area contributed by atoms with Crippen molar-refractivity contribution >= 4 is 22.7 Å². The molecule has 0 saturated heterocycles. The number of hydrogen-bond donors (Lipinski definition) is 1. The Balaban J connectivity index is 2.19. The van der Waals surface area contributed by atoms with Crippen LogP contribution in [0.15, 0.2) is 35.6 Å². The highest BCUT2D eigenvalue weighted by Gasteiger charge is 2.20. The minimum atomic E-state index is 0.140. The van der Waals surface area contributed by atoms with Gasteiger partial charge in [0.15, 0.2) is 0 Å². The van der Waals surface area contributed by atoms with Crippen LogP contribution < -0.4 is 5.32 Å². The molecule has 4 heteroatoms. The standard InChI is InChI=1S/C17H25N3S/c1-12(2)15(10-20-17(3,4)5)21-16-13-8-6-7-9-14(13)18-11-19-16/h6-9,11-12,15,20H,10H2,1-5H3. The molecule has 0 aliphatic rings. The molecule has 0 bridgehead atoms. The van der Waals surface area contributed by atoms with Crippen molar-refractivity contribution in [3.05, 3.63) is 30.6 Å². The molecule has 114 valence electrons. The van der Waals surface area contributed by atoms with Crippen LogP contribution in [0.1, 0.15) is 34.6 Å². The average molecular weight is 303 g/mol. The summed E-state index contributed by atoms with van der Waals surface area (Å²) in [6, 6.07) is 8.21. The Kier molecular flexibility index (Phi) is 5.22. The maximum absolute atomic E-state index is 4.50. The second-order valence-corrected chi connectivity index (χ2v) is 7.96. The van der Waals surface area contributed by atoms with E-state index in [4.69, 9.17) is 0 Å². The Hall–Kier alpha value is -1.13. The third-order valence-electron chi connectivity index (χ3n) is 3.35. The second-order valence-electron chi connectivity index (χ2n) is 6.73. The summed E-state index contributed by atoms with van der Waals surface area (Å²) in [5.74, 6) is 0.582. The molecular weight excluding hydrogens is 278 g/mol. The number of fused-ring (bicyclic) bond motifs is 1. The summed E-state index contributed by atoms with van der Waals surface area (Å²) in [6.45, 7) is 12.1. The van der Waals surface area contributed by atoms with E-state index in [1.165, 1.54) is 0 Å². The van der Waals surface area contributed by atoms with Gasteiger partial charge in [0.2, 0.25) is 0 Å². The van der Waals surface area contributed by atoms with Crippen molar-refractivity contribution in [2.75, 3.05) is 6.54 Å². The van der Waals surface area contributed by atoms with Crippen molar-refractivity contribution in [3.63, 3.8) is 0 Å². The average Bonchev–Trinajstić information content (AvgIpc) is 2.42. The molecule has 0 fully saturated rings. The number of thioether (sulfide) groups is 1. The lowest BCUT2D eigenvalue weighted by Crippen LogP contribution is -2.41. The molecule has 2 aromatic rings. The number of rotatable bonds is 5. The van der Waals surface area contributed by atoms with Gasteiger partial charge in [0.25, 0.3) is 0 Å². The smallest absolute Gasteiger partial charge is 0.117 e. The highest BCUT2D eigenvalue weighted by atomic mass is 32.2. The van der Waals surface area contributed by atoms with Crippen LogP contribution in [0.25, 0.3) is 10.9 Å². The zero-order valence-electron chi connectivity index (χ0n) is 13.6. The van der Waals surface area contributed by atoms with E-state index in [1.54, 1.807) is 6.33 Å². The molecule has 2 rings (SSSR count). The first kappa shape index (κ1) is 16.2. The minimum absolute atomic E-state index is 0.140. The molecule has 1 aromatic heterocycles. The number of benzene rings is 1. The highest BCUT2D eigenvalue weighted by molar-refractivity contribution is 8.00. The molecule has 0 spiro atoms. The van der Waals surface area contributed by atoms with Crippen LogP contribution in [0.5, 0.6) is 0 Å². The predicted molar refractivity (Wildman–Crippen MR) is 91.8 cm³/mol. The molecule has 0 aliphatic heterocycles. The van der Waals surface area contributed by atoms with Gasteiger partial charge < -0.3 is 5.32 Å². The van der Waals surface area contributed by atoms with E-state index < -0.39 is 0 Å². The molecule has 0 aliphatic carbocycles. The van der Waals surface area contributed by atoms with Crippen LogP contribution >= 0.6 is 11.8 Å². The van der Waals surface area contributed by atoms with Gasteiger partial charge in [-0.05, 0) is 32.8 Å². The van der Waals surface area contributed by atoms with E-state index in [1.807, 2.05) is 30.0 Å². The third-order valence-corrected chi connectivity index (χ3v) is 4.91. The van der Waals surface area contributed by atoms with Crippen molar-refractivity contribution in [2.45, 2.75) is 50.4 Å². The molecule has 21 heavy (non-hydrogen) atoms. The Morgan fingerprint density at radius 3 is 2.52 bits per heavy atom. The lowest BCUT2D eigenvalue weighted by Gasteiger charge is -2.27. The summed E-state index contributed by atoms with van der Waals surface area (Å²) in [4.78, 5) is 8.84. The van der Waals surface area contributed by atoms with Crippen LogP contribution in [0.4, 0.5) is 0 Å². The normalized spacial score (nSPS) is 13.8. The van der Waals surface area contributed by atoms with Crippen LogP contribution in [0, 0.1) is 5.92 Å². The van der Waals surface area contributed by atoms with Crippen molar-refractivity contribution in [1.82, 2.24) is 15.3 Å². The molecule has 1 heterocycles. The van der Waals surface area contributed by atoms with Crippen molar-refractivity contribution in [3.8, 4) is 0 Å². The molecule has 1 N–H and O–H groups in total. The van der Waals surface area contributed by atoms with Gasteiger partial charge in [-0.25, -0.2) is 9.97 Å². The van der Waals surface area contributed by atoms with E-state index in [-0.39, 0.29) is 5.54 Å². The highest BCUT2D eigenvalue weighted by Crippen LogP contribution is 2.31. The largest absolute Gasteiger partial charge is 0.311 e. The topological polar surface area (TPSA) is 37.8 Å². The fourth-order valence-corrected chi connectivity index (χ4v) is 3.17. The molecule has 1 atom stereocenters. The van der Waals surface area contributed by atoms with Crippen molar-refractivity contribution in [2.24, 2.45) is 5.92 Å². The molecule has 1 unspecified atom stereocenters. The van der Waals surface area contributed by atoms with Crippen LogP contribution in [-0.2, 0) is 0 Å². The van der Waals surface area contributed by atoms with Crippen LogP contribution in [0.2, 0.25) is 0 Å². The Labute approximate surface area is 132 Å². The minimum Gasteiger partial charge on any atom is -0.311 e. The SMILES string of the molecule is CC(C)C(CNC(C)(C)C)Sc1ncnc2ccccc12. The van der Waals surface area contributed by atoms with E-state index in [0.29, 0.717) is 11.2 Å². The fraction of sp³-hybridized carbons (Fsp3) is 0.529. The van der Waals surface area contributed by atoms with Gasteiger partial charge in [0.1, 0.15) is 11.4 Å². The summed E-state index contributed by atoms with van der Waals surface area (Å²) < 4.78 is 0. The Morgan fingerprint density at radius 2 is 1.86 bits per heavy atom. The van der Waals surface area contributed by atoms with Gasteiger partial charge in [-0.3, -0.25) is 0 Å². The fourth-order valence-electron chi connectivity index (χ4n) is 2.04. The predicted octanol–water partition coefficient (Wildman–Crippen LogP) is 4.13. The summed E-state index contributed by atoms with van der Waals surface area (Å²) >= 11 is 1.85. The number of nitrogens with one attached hydrogen (secondary N) is 1. The van der Waals surface area contributed by atoms with E-state index >= 15 is 0 Å². The van der Waals surface area contributed by atoms with Gasteiger partial charge in [-0.1, -0.05) is 32.0 Å². The Bertz CT molecular complexity index is 585. The monoisotopic (exact) mass is 303 g/mol. The van der Waals surface area contributed by atoms with E-state index in [2.05, 4.69) is 56.0 Å². The van der Waals surface area contributed by atoms with Gasteiger partial charge in [0, 0.05) is 22.7 Å². The molecule has 0 amide bonds. The first-order valence-electron chi connectivity index (χ1n) is 7.48. The number of nitrogens with zero attached hydrogens (tertiary/aromatic N) is 2. The number of para-hydroxylation sites is 1. The van der Waals surface area contributed by atoms with E-state index in [0.717, 1.165) is 22.5 Å². The van der Waals surface area contributed by atoms with E-state index in [9.17, 15) is 0 Å². The maximum atomic E-state index is 4.50. The van der Waals surface area contributed by atoms with Gasteiger partial charge >= 0.3 is 0 Å². The first-order valence-corrected chi connectivity index (χ1v) is 8.36. The molecule has 0 radical (unpaired) electrons. The number of hydrogen-bond acceptors (Lipinski definition) is 4.